The summed E-state index contributed by atoms with van der Waals surface area (Å²) in [5, 5.41) is 6.61. The second-order valence-electron chi connectivity index (χ2n) is 7.09. The molecule has 1 heterocycles. The van der Waals surface area contributed by atoms with E-state index in [-0.39, 0.29) is 11.2 Å². The van der Waals surface area contributed by atoms with Crippen LogP contribution in [-0.2, 0) is 18.4 Å². The standard InChI is InChI=1S/C19H27FN4S/c1-19(2,3)16-13-25-17(23-16)9-10-22-18(21-4)24(5)12-14-7-6-8-15(20)11-14/h6-8,11,13H,9-10,12H2,1-5H3,(H,21,22). The predicted molar refractivity (Wildman–Crippen MR) is 104 cm³/mol. The molecule has 1 N–H and O–H groups in total. The third-order valence-corrected chi connectivity index (χ3v) is 4.73. The van der Waals surface area contributed by atoms with Crippen molar-refractivity contribution in [3.05, 3.63) is 51.7 Å². The van der Waals surface area contributed by atoms with Gasteiger partial charge < -0.3 is 10.2 Å². The Morgan fingerprint density at radius 2 is 2.12 bits per heavy atom. The average molecular weight is 363 g/mol. The minimum absolute atomic E-state index is 0.0867. The first-order valence-electron chi connectivity index (χ1n) is 8.40. The molecular weight excluding hydrogens is 335 g/mol. The van der Waals surface area contributed by atoms with Crippen molar-refractivity contribution in [1.29, 1.82) is 0 Å². The van der Waals surface area contributed by atoms with Crippen LogP contribution < -0.4 is 5.32 Å². The number of thiazole rings is 1. The summed E-state index contributed by atoms with van der Waals surface area (Å²) < 4.78 is 13.3. The zero-order valence-electron chi connectivity index (χ0n) is 15.6. The van der Waals surface area contributed by atoms with Gasteiger partial charge in [-0.3, -0.25) is 4.99 Å². The zero-order valence-corrected chi connectivity index (χ0v) is 16.5. The van der Waals surface area contributed by atoms with Crippen LogP contribution in [0.25, 0.3) is 0 Å². The highest BCUT2D eigenvalue weighted by Gasteiger charge is 2.17. The van der Waals surface area contributed by atoms with Gasteiger partial charge in [-0.15, -0.1) is 11.3 Å². The van der Waals surface area contributed by atoms with Gasteiger partial charge in [-0.2, -0.15) is 0 Å². The molecule has 0 aliphatic carbocycles. The van der Waals surface area contributed by atoms with Crippen LogP contribution in [0.3, 0.4) is 0 Å². The topological polar surface area (TPSA) is 40.5 Å². The smallest absolute Gasteiger partial charge is 0.193 e. The molecule has 136 valence electrons. The van der Waals surface area contributed by atoms with Gasteiger partial charge in [0.25, 0.3) is 0 Å². The first-order valence-corrected chi connectivity index (χ1v) is 9.28. The van der Waals surface area contributed by atoms with Gasteiger partial charge in [0.2, 0.25) is 0 Å². The van der Waals surface area contributed by atoms with E-state index >= 15 is 0 Å². The highest BCUT2D eigenvalue weighted by Crippen LogP contribution is 2.23. The summed E-state index contributed by atoms with van der Waals surface area (Å²) >= 11 is 1.70. The number of guanidine groups is 1. The quantitative estimate of drug-likeness (QED) is 0.649. The monoisotopic (exact) mass is 362 g/mol. The van der Waals surface area contributed by atoms with Crippen LogP contribution >= 0.6 is 11.3 Å². The van der Waals surface area contributed by atoms with Gasteiger partial charge in [0, 0.05) is 44.4 Å². The molecule has 2 aromatic rings. The number of nitrogens with one attached hydrogen (secondary N) is 1. The lowest BCUT2D eigenvalue weighted by Crippen LogP contribution is -2.39. The van der Waals surface area contributed by atoms with Crippen molar-refractivity contribution < 1.29 is 4.39 Å². The fraction of sp³-hybridized carbons (Fsp3) is 0.474. The molecule has 0 aliphatic heterocycles. The van der Waals surface area contributed by atoms with Crippen molar-refractivity contribution in [2.24, 2.45) is 4.99 Å². The molecule has 0 saturated heterocycles. The Balaban J connectivity index is 1.86. The molecule has 0 spiro atoms. The van der Waals surface area contributed by atoms with Crippen LogP contribution in [0.5, 0.6) is 0 Å². The van der Waals surface area contributed by atoms with E-state index in [9.17, 15) is 4.39 Å². The number of hydrogen-bond acceptors (Lipinski definition) is 3. The van der Waals surface area contributed by atoms with Gasteiger partial charge >= 0.3 is 0 Å². The summed E-state index contributed by atoms with van der Waals surface area (Å²) in [6, 6.07) is 6.64. The molecule has 0 saturated carbocycles. The molecule has 0 bridgehead atoms. The largest absolute Gasteiger partial charge is 0.356 e. The lowest BCUT2D eigenvalue weighted by molar-refractivity contribution is 0.475. The average Bonchev–Trinajstić information content (AvgIpc) is 3.00. The lowest BCUT2D eigenvalue weighted by atomic mass is 9.93. The van der Waals surface area contributed by atoms with E-state index < -0.39 is 0 Å². The molecular formula is C19H27FN4S. The van der Waals surface area contributed by atoms with Gasteiger partial charge in [0.15, 0.2) is 5.96 Å². The normalized spacial score (nSPS) is 12.3. The Hall–Kier alpha value is -1.95. The maximum absolute atomic E-state index is 13.3. The third-order valence-electron chi connectivity index (χ3n) is 3.82. The summed E-state index contributed by atoms with van der Waals surface area (Å²) in [6.07, 6.45) is 0.855. The molecule has 1 aromatic heterocycles. The number of benzene rings is 1. The van der Waals surface area contributed by atoms with E-state index in [1.165, 1.54) is 6.07 Å². The van der Waals surface area contributed by atoms with E-state index in [2.05, 4.69) is 36.5 Å². The zero-order chi connectivity index (χ0) is 18.4. The van der Waals surface area contributed by atoms with Gasteiger partial charge in [-0.1, -0.05) is 32.9 Å². The summed E-state index contributed by atoms with van der Waals surface area (Å²) in [4.78, 5) is 11.0. The Bertz CT molecular complexity index is 718. The van der Waals surface area contributed by atoms with Crippen LogP contribution in [0, 0.1) is 5.82 Å². The number of aromatic nitrogens is 1. The first-order chi connectivity index (χ1) is 11.8. The Morgan fingerprint density at radius 3 is 2.72 bits per heavy atom. The van der Waals surface area contributed by atoms with Crippen molar-refractivity contribution in [3.63, 3.8) is 0 Å². The third kappa shape index (κ3) is 5.81. The van der Waals surface area contributed by atoms with Gasteiger partial charge in [0.05, 0.1) is 10.7 Å². The SMILES string of the molecule is CN=C(NCCc1nc(C(C)(C)C)cs1)N(C)Cc1cccc(F)c1. The first kappa shape index (κ1) is 19.4. The highest BCUT2D eigenvalue weighted by molar-refractivity contribution is 7.09. The number of aliphatic imine (C=N–C) groups is 1. The van der Waals surface area contributed by atoms with Crippen LogP contribution in [0.1, 0.15) is 37.0 Å². The summed E-state index contributed by atoms with van der Waals surface area (Å²) in [5.74, 6) is 0.573. The Morgan fingerprint density at radius 1 is 1.36 bits per heavy atom. The van der Waals surface area contributed by atoms with Crippen LogP contribution in [-0.4, -0.2) is 36.5 Å². The fourth-order valence-corrected chi connectivity index (χ4v) is 3.45. The molecule has 25 heavy (non-hydrogen) atoms. The van der Waals surface area contributed by atoms with Gasteiger partial charge in [-0.05, 0) is 17.7 Å². The molecule has 6 heteroatoms. The lowest BCUT2D eigenvalue weighted by Gasteiger charge is -2.22. The minimum Gasteiger partial charge on any atom is -0.356 e. The maximum Gasteiger partial charge on any atom is 0.193 e. The number of nitrogens with zero attached hydrogens (tertiary/aromatic N) is 3. The molecule has 0 atom stereocenters. The molecule has 0 unspecified atom stereocenters. The van der Waals surface area contributed by atoms with E-state index in [1.807, 2.05) is 18.0 Å². The second-order valence-corrected chi connectivity index (χ2v) is 8.03. The van der Waals surface area contributed by atoms with E-state index in [0.717, 1.165) is 35.2 Å². The van der Waals surface area contributed by atoms with Gasteiger partial charge in [-0.25, -0.2) is 9.37 Å². The predicted octanol–water partition coefficient (Wildman–Crippen LogP) is 3.83. The maximum atomic E-state index is 13.3. The highest BCUT2D eigenvalue weighted by atomic mass is 32.1. The van der Waals surface area contributed by atoms with Crippen molar-refractivity contribution in [1.82, 2.24) is 15.2 Å². The van der Waals surface area contributed by atoms with Crippen molar-refractivity contribution in [3.8, 4) is 0 Å². The molecule has 0 aliphatic rings. The molecule has 0 amide bonds. The van der Waals surface area contributed by atoms with Crippen molar-refractivity contribution in [2.45, 2.75) is 39.2 Å². The van der Waals surface area contributed by atoms with Gasteiger partial charge in [0.1, 0.15) is 5.82 Å². The van der Waals surface area contributed by atoms with Crippen LogP contribution in [0.4, 0.5) is 4.39 Å². The molecule has 4 nitrogen and oxygen atoms in total. The van der Waals surface area contributed by atoms with Crippen molar-refractivity contribution >= 4 is 17.3 Å². The molecule has 2 rings (SSSR count). The summed E-state index contributed by atoms with van der Waals surface area (Å²) in [6.45, 7) is 7.88. The van der Waals surface area contributed by atoms with E-state index in [0.29, 0.717) is 6.54 Å². The minimum atomic E-state index is -0.215. The molecule has 1 aromatic carbocycles. The molecule has 0 radical (unpaired) electrons. The van der Waals surface area contributed by atoms with E-state index in [4.69, 9.17) is 4.98 Å². The van der Waals surface area contributed by atoms with E-state index in [1.54, 1.807) is 30.5 Å². The second kappa shape index (κ2) is 8.43. The molecule has 0 fully saturated rings. The Kier molecular flexibility index (Phi) is 6.53. The fourth-order valence-electron chi connectivity index (χ4n) is 2.42. The summed E-state index contributed by atoms with van der Waals surface area (Å²) in [5.41, 5.74) is 2.14. The summed E-state index contributed by atoms with van der Waals surface area (Å²) in [7, 11) is 3.70. The number of halogens is 1. The Labute approximate surface area is 153 Å². The van der Waals surface area contributed by atoms with Crippen LogP contribution in [0.2, 0.25) is 0 Å². The van der Waals surface area contributed by atoms with Crippen molar-refractivity contribution in [2.75, 3.05) is 20.6 Å². The number of hydrogen-bond donors (Lipinski definition) is 1. The number of rotatable bonds is 5. The van der Waals surface area contributed by atoms with Crippen LogP contribution in [0.15, 0.2) is 34.6 Å².